The summed E-state index contributed by atoms with van der Waals surface area (Å²) in [6, 6.07) is 3.92. The van der Waals surface area contributed by atoms with Crippen molar-refractivity contribution in [3.63, 3.8) is 0 Å². The van der Waals surface area contributed by atoms with Gasteiger partial charge in [-0.2, -0.15) is 0 Å². The van der Waals surface area contributed by atoms with E-state index in [9.17, 15) is 4.79 Å². The van der Waals surface area contributed by atoms with Crippen LogP contribution in [0.4, 0.5) is 5.69 Å². The standard InChI is InChI=1S/C18H24ClNO/c1-10(2)7-13-15(18(13,5)6)17(21)20-16-12(4)8-11(3)9-14(16)19/h7-9,13,15H,1-6H3,(H,20,21)/t13-,15-/m1/s1. The summed E-state index contributed by atoms with van der Waals surface area (Å²) in [4.78, 5) is 12.6. The van der Waals surface area contributed by atoms with Crippen molar-refractivity contribution in [3.05, 3.63) is 39.9 Å². The SMILES string of the molecule is CC(C)=C[C@@H]1[C@H](C(=O)Nc2c(C)cc(C)cc2Cl)C1(C)C. The van der Waals surface area contributed by atoms with Crippen LogP contribution in [0.1, 0.15) is 38.8 Å². The molecule has 0 saturated heterocycles. The van der Waals surface area contributed by atoms with E-state index in [1.807, 2.05) is 26.0 Å². The Morgan fingerprint density at radius 1 is 1.29 bits per heavy atom. The van der Waals surface area contributed by atoms with Gasteiger partial charge in [0.15, 0.2) is 0 Å². The highest BCUT2D eigenvalue weighted by atomic mass is 35.5. The van der Waals surface area contributed by atoms with Crippen LogP contribution in [0, 0.1) is 31.1 Å². The first-order valence-corrected chi connectivity index (χ1v) is 7.75. The molecule has 2 rings (SSSR count). The number of carbonyl (C=O) groups is 1. The lowest BCUT2D eigenvalue weighted by Gasteiger charge is -2.12. The third-order valence-corrected chi connectivity index (χ3v) is 4.68. The molecular formula is C18H24ClNO. The fourth-order valence-corrected chi connectivity index (χ4v) is 3.49. The van der Waals surface area contributed by atoms with Crippen molar-refractivity contribution in [1.29, 1.82) is 0 Å². The molecule has 1 aliphatic rings. The first-order chi connectivity index (χ1) is 9.64. The Morgan fingerprint density at radius 2 is 1.90 bits per heavy atom. The van der Waals surface area contributed by atoms with Gasteiger partial charge in [-0.1, -0.05) is 43.2 Å². The van der Waals surface area contributed by atoms with E-state index >= 15 is 0 Å². The fourth-order valence-electron chi connectivity index (χ4n) is 3.12. The van der Waals surface area contributed by atoms with Crippen LogP contribution in [-0.2, 0) is 4.79 Å². The highest BCUT2D eigenvalue weighted by Crippen LogP contribution is 2.59. The Kier molecular flexibility index (Phi) is 4.21. The van der Waals surface area contributed by atoms with Gasteiger partial charge in [0.25, 0.3) is 0 Å². The minimum Gasteiger partial charge on any atom is -0.324 e. The molecule has 1 fully saturated rings. The highest BCUT2D eigenvalue weighted by Gasteiger charge is 2.60. The second-order valence-corrected chi connectivity index (χ2v) is 7.40. The van der Waals surface area contributed by atoms with Gasteiger partial charge in [-0.3, -0.25) is 4.79 Å². The molecule has 21 heavy (non-hydrogen) atoms. The van der Waals surface area contributed by atoms with E-state index in [1.54, 1.807) is 0 Å². The third kappa shape index (κ3) is 3.16. The zero-order chi connectivity index (χ0) is 15.9. The Balaban J connectivity index is 2.19. The Hall–Kier alpha value is -1.28. The minimum absolute atomic E-state index is 0.0177. The molecule has 1 aromatic rings. The summed E-state index contributed by atoms with van der Waals surface area (Å²) in [5.41, 5.74) is 4.13. The van der Waals surface area contributed by atoms with Crippen molar-refractivity contribution in [2.75, 3.05) is 5.32 Å². The van der Waals surface area contributed by atoms with Crippen LogP contribution in [0.25, 0.3) is 0 Å². The molecule has 3 heteroatoms. The average Bonchev–Trinajstić information content (AvgIpc) is 2.84. The van der Waals surface area contributed by atoms with Gasteiger partial charge in [0.1, 0.15) is 0 Å². The van der Waals surface area contributed by atoms with Crippen molar-refractivity contribution in [2.24, 2.45) is 17.3 Å². The molecule has 0 unspecified atom stereocenters. The van der Waals surface area contributed by atoms with Crippen LogP contribution in [0.5, 0.6) is 0 Å². The van der Waals surface area contributed by atoms with E-state index in [1.165, 1.54) is 5.57 Å². The number of hydrogen-bond donors (Lipinski definition) is 1. The molecule has 1 N–H and O–H groups in total. The maximum atomic E-state index is 12.6. The summed E-state index contributed by atoms with van der Waals surface area (Å²) >= 11 is 6.27. The molecule has 0 aliphatic heterocycles. The topological polar surface area (TPSA) is 29.1 Å². The van der Waals surface area contributed by atoms with Gasteiger partial charge in [0.2, 0.25) is 5.91 Å². The van der Waals surface area contributed by atoms with Crippen molar-refractivity contribution in [1.82, 2.24) is 0 Å². The second-order valence-electron chi connectivity index (χ2n) is 7.00. The predicted molar refractivity (Wildman–Crippen MR) is 89.7 cm³/mol. The Bertz CT molecular complexity index is 589. The van der Waals surface area contributed by atoms with Crippen LogP contribution in [-0.4, -0.2) is 5.91 Å². The van der Waals surface area contributed by atoms with E-state index in [0.29, 0.717) is 10.9 Å². The van der Waals surface area contributed by atoms with Crippen molar-refractivity contribution in [3.8, 4) is 0 Å². The monoisotopic (exact) mass is 305 g/mol. The van der Waals surface area contributed by atoms with Crippen molar-refractivity contribution in [2.45, 2.75) is 41.5 Å². The normalized spacial score (nSPS) is 22.6. The van der Waals surface area contributed by atoms with Crippen LogP contribution in [0.15, 0.2) is 23.8 Å². The van der Waals surface area contributed by atoms with E-state index in [-0.39, 0.29) is 17.2 Å². The van der Waals surface area contributed by atoms with E-state index in [0.717, 1.165) is 16.8 Å². The number of hydrogen-bond acceptors (Lipinski definition) is 1. The largest absolute Gasteiger partial charge is 0.324 e. The summed E-state index contributed by atoms with van der Waals surface area (Å²) in [5, 5.41) is 3.64. The molecule has 1 aromatic carbocycles. The van der Waals surface area contributed by atoms with Crippen LogP contribution >= 0.6 is 11.6 Å². The number of aryl methyl sites for hydroxylation is 2. The summed E-state index contributed by atoms with van der Waals surface area (Å²) in [6.07, 6.45) is 2.20. The van der Waals surface area contributed by atoms with Gasteiger partial charge >= 0.3 is 0 Å². The quantitative estimate of drug-likeness (QED) is 0.770. The van der Waals surface area contributed by atoms with E-state index in [2.05, 4.69) is 39.1 Å². The summed E-state index contributed by atoms with van der Waals surface area (Å²) in [5.74, 6) is 0.396. The van der Waals surface area contributed by atoms with Crippen LogP contribution < -0.4 is 5.32 Å². The Morgan fingerprint density at radius 3 is 2.43 bits per heavy atom. The molecule has 1 saturated carbocycles. The molecule has 0 radical (unpaired) electrons. The first kappa shape index (κ1) is 16.1. The summed E-state index contributed by atoms with van der Waals surface area (Å²) < 4.78 is 0. The molecule has 2 nitrogen and oxygen atoms in total. The van der Waals surface area contributed by atoms with E-state index < -0.39 is 0 Å². The zero-order valence-electron chi connectivity index (χ0n) is 13.7. The lowest BCUT2D eigenvalue weighted by molar-refractivity contribution is -0.118. The number of halogens is 1. The molecule has 2 atom stereocenters. The molecule has 0 spiro atoms. The highest BCUT2D eigenvalue weighted by molar-refractivity contribution is 6.34. The van der Waals surface area contributed by atoms with Gasteiger partial charge in [-0.15, -0.1) is 0 Å². The van der Waals surface area contributed by atoms with Crippen LogP contribution in [0.2, 0.25) is 5.02 Å². The van der Waals surface area contributed by atoms with Gasteiger partial charge in [0.05, 0.1) is 16.6 Å². The molecule has 0 aromatic heterocycles. The Labute approximate surface area is 132 Å². The number of anilines is 1. The average molecular weight is 306 g/mol. The zero-order valence-corrected chi connectivity index (χ0v) is 14.4. The van der Waals surface area contributed by atoms with E-state index in [4.69, 9.17) is 11.6 Å². The fraction of sp³-hybridized carbons (Fsp3) is 0.500. The van der Waals surface area contributed by atoms with Crippen molar-refractivity contribution >= 4 is 23.2 Å². The minimum atomic E-state index is 0.0177. The smallest absolute Gasteiger partial charge is 0.228 e. The molecule has 0 heterocycles. The van der Waals surface area contributed by atoms with Crippen LogP contribution in [0.3, 0.4) is 0 Å². The maximum Gasteiger partial charge on any atom is 0.228 e. The van der Waals surface area contributed by atoms with Crippen molar-refractivity contribution < 1.29 is 4.79 Å². The molecule has 1 aliphatic carbocycles. The lowest BCUT2D eigenvalue weighted by Crippen LogP contribution is -2.18. The summed E-state index contributed by atoms with van der Waals surface area (Å²) in [7, 11) is 0. The number of amides is 1. The number of benzene rings is 1. The van der Waals surface area contributed by atoms with Gasteiger partial charge in [-0.05, 0) is 56.2 Å². The first-order valence-electron chi connectivity index (χ1n) is 7.37. The molecule has 114 valence electrons. The number of nitrogens with one attached hydrogen (secondary N) is 1. The molecule has 1 amide bonds. The predicted octanol–water partition coefficient (Wildman–Crippen LogP) is 5.13. The third-order valence-electron chi connectivity index (χ3n) is 4.39. The maximum absolute atomic E-state index is 12.6. The summed E-state index contributed by atoms with van der Waals surface area (Å²) in [6.45, 7) is 12.4. The number of rotatable bonds is 3. The number of allylic oxidation sites excluding steroid dienone is 2. The van der Waals surface area contributed by atoms with Gasteiger partial charge < -0.3 is 5.32 Å². The molecule has 0 bridgehead atoms. The lowest BCUT2D eigenvalue weighted by atomic mass is 10.1. The van der Waals surface area contributed by atoms with Gasteiger partial charge in [-0.25, -0.2) is 0 Å². The molecular weight excluding hydrogens is 282 g/mol. The number of carbonyl (C=O) groups excluding carboxylic acids is 1. The second kappa shape index (κ2) is 5.49. The van der Waals surface area contributed by atoms with Gasteiger partial charge in [0, 0.05) is 0 Å².